The minimum Gasteiger partial charge on any atom is -0.454 e. The molecule has 1 aromatic heterocycles. The summed E-state index contributed by atoms with van der Waals surface area (Å²) in [5.41, 5.74) is 5.12. The van der Waals surface area contributed by atoms with Crippen LogP contribution in [0.3, 0.4) is 0 Å². The summed E-state index contributed by atoms with van der Waals surface area (Å²) in [6.07, 6.45) is 0.664. The quantitative estimate of drug-likeness (QED) is 0.530. The molecule has 5 rings (SSSR count). The number of carbonyl (C=O) groups is 3. The molecule has 1 unspecified atom stereocenters. The molecule has 0 radical (unpaired) electrons. The van der Waals surface area contributed by atoms with Gasteiger partial charge in [-0.3, -0.25) is 30.0 Å². The summed E-state index contributed by atoms with van der Waals surface area (Å²) >= 11 is 0. The van der Waals surface area contributed by atoms with Crippen molar-refractivity contribution in [3.63, 3.8) is 0 Å². The van der Waals surface area contributed by atoms with Gasteiger partial charge in [0, 0.05) is 36.7 Å². The average molecular weight is 477 g/mol. The van der Waals surface area contributed by atoms with Crippen LogP contribution in [0.5, 0.6) is 11.5 Å². The number of carbonyl (C=O) groups excluding carboxylic acids is 3. The highest BCUT2D eigenvalue weighted by Gasteiger charge is 2.36. The molecule has 1 fully saturated rings. The summed E-state index contributed by atoms with van der Waals surface area (Å²) in [6, 6.07) is 11.8. The second kappa shape index (κ2) is 9.09. The Balaban J connectivity index is 1.28. The minimum atomic E-state index is -0.660. The van der Waals surface area contributed by atoms with Crippen LogP contribution in [-0.4, -0.2) is 40.8 Å². The number of fused-ring (bicyclic) bond motifs is 2. The molecule has 11 nitrogen and oxygen atoms in total. The Hall–Kier alpha value is -4.41. The van der Waals surface area contributed by atoms with Gasteiger partial charge in [-0.15, -0.1) is 0 Å². The van der Waals surface area contributed by atoms with Crippen molar-refractivity contribution in [1.29, 1.82) is 0 Å². The molecule has 2 aromatic carbocycles. The van der Waals surface area contributed by atoms with Gasteiger partial charge < -0.3 is 14.4 Å². The van der Waals surface area contributed by atoms with Gasteiger partial charge >= 0.3 is 0 Å². The largest absolute Gasteiger partial charge is 0.454 e. The summed E-state index contributed by atoms with van der Waals surface area (Å²) in [5.74, 6) is -0.887. The smallest absolute Gasteiger partial charge is 0.290 e. The fourth-order valence-electron chi connectivity index (χ4n) is 4.23. The highest BCUT2D eigenvalue weighted by atomic mass is 16.7. The Morgan fingerprint density at radius 3 is 2.63 bits per heavy atom. The number of aryl methyl sites for hydroxylation is 1. The fourth-order valence-corrected chi connectivity index (χ4v) is 4.23. The van der Waals surface area contributed by atoms with Crippen molar-refractivity contribution in [1.82, 2.24) is 20.6 Å². The van der Waals surface area contributed by atoms with E-state index in [0.29, 0.717) is 40.9 Å². The van der Waals surface area contributed by atoms with Crippen LogP contribution in [0, 0.1) is 5.92 Å². The average Bonchev–Trinajstić information content (AvgIpc) is 3.50. The molecule has 1 saturated heterocycles. The van der Waals surface area contributed by atoms with Crippen molar-refractivity contribution in [2.75, 3.05) is 18.2 Å². The van der Waals surface area contributed by atoms with E-state index in [-0.39, 0.29) is 36.9 Å². The standard InChI is InChI=1S/C24H23N5O6/c1-2-9-29-24(33)17-6-4-3-5-16(17)21(27-29)23(32)26-25-22(31)14-10-20(30)28(12-14)15-7-8-18-19(11-15)35-13-34-18/h3-8,11,14H,2,9-10,12-13H2,1H3,(H,25,31)(H,26,32). The van der Waals surface area contributed by atoms with Crippen LogP contribution in [0.25, 0.3) is 10.8 Å². The molecule has 0 bridgehead atoms. The molecular weight excluding hydrogens is 454 g/mol. The van der Waals surface area contributed by atoms with E-state index < -0.39 is 17.7 Å². The van der Waals surface area contributed by atoms with Crippen LogP contribution in [0.15, 0.2) is 47.3 Å². The number of anilines is 1. The van der Waals surface area contributed by atoms with Gasteiger partial charge in [-0.25, -0.2) is 4.68 Å². The van der Waals surface area contributed by atoms with Crippen LogP contribution in [-0.2, 0) is 16.1 Å². The Morgan fingerprint density at radius 2 is 1.83 bits per heavy atom. The lowest BCUT2D eigenvalue weighted by Gasteiger charge is -2.17. The lowest BCUT2D eigenvalue weighted by Crippen LogP contribution is -2.46. The molecule has 0 saturated carbocycles. The first-order valence-electron chi connectivity index (χ1n) is 11.3. The number of hydrazine groups is 1. The van der Waals surface area contributed by atoms with E-state index in [1.165, 1.54) is 9.58 Å². The number of hydrogen-bond donors (Lipinski definition) is 2. The van der Waals surface area contributed by atoms with E-state index in [1.54, 1.807) is 42.5 Å². The van der Waals surface area contributed by atoms with E-state index >= 15 is 0 Å². The van der Waals surface area contributed by atoms with Gasteiger partial charge in [0.2, 0.25) is 18.6 Å². The molecule has 11 heteroatoms. The van der Waals surface area contributed by atoms with Gasteiger partial charge in [0.15, 0.2) is 17.2 Å². The van der Waals surface area contributed by atoms with Gasteiger partial charge in [-0.05, 0) is 24.6 Å². The highest BCUT2D eigenvalue weighted by molar-refractivity contribution is 6.06. The van der Waals surface area contributed by atoms with Crippen LogP contribution in [0.2, 0.25) is 0 Å². The number of aromatic nitrogens is 2. The molecule has 35 heavy (non-hydrogen) atoms. The van der Waals surface area contributed by atoms with E-state index in [2.05, 4.69) is 16.0 Å². The number of amides is 3. The van der Waals surface area contributed by atoms with E-state index in [1.807, 2.05) is 6.92 Å². The van der Waals surface area contributed by atoms with Crippen molar-refractivity contribution in [2.45, 2.75) is 26.3 Å². The number of nitrogens with one attached hydrogen (secondary N) is 2. The first-order valence-corrected chi connectivity index (χ1v) is 11.3. The van der Waals surface area contributed by atoms with Gasteiger partial charge in [0.1, 0.15) is 0 Å². The maximum atomic E-state index is 12.9. The summed E-state index contributed by atoms with van der Waals surface area (Å²) in [7, 11) is 0. The van der Waals surface area contributed by atoms with Crippen LogP contribution >= 0.6 is 0 Å². The van der Waals surface area contributed by atoms with Crippen molar-refractivity contribution >= 4 is 34.2 Å². The number of benzene rings is 2. The first kappa shape index (κ1) is 22.4. The predicted molar refractivity (Wildman–Crippen MR) is 125 cm³/mol. The van der Waals surface area contributed by atoms with Gasteiger partial charge in [-0.1, -0.05) is 25.1 Å². The van der Waals surface area contributed by atoms with Gasteiger partial charge in [0.25, 0.3) is 11.5 Å². The predicted octanol–water partition coefficient (Wildman–Crippen LogP) is 1.35. The van der Waals surface area contributed by atoms with Crippen LogP contribution in [0.4, 0.5) is 5.69 Å². The van der Waals surface area contributed by atoms with Crippen LogP contribution in [0.1, 0.15) is 30.3 Å². The van der Waals surface area contributed by atoms with Crippen LogP contribution < -0.4 is 30.8 Å². The zero-order valence-electron chi connectivity index (χ0n) is 18.9. The molecule has 1 atom stereocenters. The second-order valence-corrected chi connectivity index (χ2v) is 8.31. The molecule has 3 aromatic rings. The molecule has 3 amide bonds. The summed E-state index contributed by atoms with van der Waals surface area (Å²) in [4.78, 5) is 52.3. The molecule has 3 heterocycles. The number of hydrogen-bond acceptors (Lipinski definition) is 7. The Kier molecular flexibility index (Phi) is 5.81. The van der Waals surface area contributed by atoms with Crippen molar-refractivity contribution in [3.05, 3.63) is 58.5 Å². The third-order valence-electron chi connectivity index (χ3n) is 5.98. The van der Waals surface area contributed by atoms with Crippen molar-refractivity contribution in [3.8, 4) is 11.5 Å². The van der Waals surface area contributed by atoms with E-state index in [0.717, 1.165) is 0 Å². The number of nitrogens with zero attached hydrogens (tertiary/aromatic N) is 3. The molecular formula is C24H23N5O6. The number of rotatable bonds is 5. The van der Waals surface area contributed by atoms with E-state index in [9.17, 15) is 19.2 Å². The first-order chi connectivity index (χ1) is 17.0. The number of ether oxygens (including phenoxy) is 2. The van der Waals surface area contributed by atoms with Crippen molar-refractivity contribution < 1.29 is 23.9 Å². The van der Waals surface area contributed by atoms with Gasteiger partial charge in [-0.2, -0.15) is 5.10 Å². The third-order valence-corrected chi connectivity index (χ3v) is 5.98. The van der Waals surface area contributed by atoms with Crippen molar-refractivity contribution in [2.24, 2.45) is 5.92 Å². The molecule has 180 valence electrons. The minimum absolute atomic E-state index is 0.00128. The summed E-state index contributed by atoms with van der Waals surface area (Å²) in [5, 5.41) is 4.97. The highest BCUT2D eigenvalue weighted by Crippen LogP contribution is 2.37. The molecule has 0 spiro atoms. The molecule has 2 aliphatic heterocycles. The summed E-state index contributed by atoms with van der Waals surface area (Å²) < 4.78 is 11.9. The molecule has 2 N–H and O–H groups in total. The molecule has 0 aliphatic carbocycles. The summed E-state index contributed by atoms with van der Waals surface area (Å²) in [6.45, 7) is 2.54. The lowest BCUT2D eigenvalue weighted by atomic mass is 10.1. The Bertz CT molecular complexity index is 1400. The monoisotopic (exact) mass is 477 g/mol. The Morgan fingerprint density at radius 1 is 1.06 bits per heavy atom. The maximum Gasteiger partial charge on any atom is 0.290 e. The lowest BCUT2D eigenvalue weighted by molar-refractivity contribution is -0.126. The Labute approximate surface area is 199 Å². The zero-order chi connectivity index (χ0) is 24.5. The topological polar surface area (TPSA) is 132 Å². The zero-order valence-corrected chi connectivity index (χ0v) is 18.9. The van der Waals surface area contributed by atoms with E-state index in [4.69, 9.17) is 9.47 Å². The molecule has 2 aliphatic rings. The second-order valence-electron chi connectivity index (χ2n) is 8.31. The normalized spacial score (nSPS) is 16.5. The van der Waals surface area contributed by atoms with Gasteiger partial charge in [0.05, 0.1) is 11.3 Å². The fraction of sp³-hybridized carbons (Fsp3) is 0.292. The SMILES string of the molecule is CCCn1nc(C(=O)NNC(=O)C2CC(=O)N(c3ccc4c(c3)OCO4)C2)c2ccccc2c1=O. The maximum absolute atomic E-state index is 12.9. The third kappa shape index (κ3) is 4.16.